The van der Waals surface area contributed by atoms with Gasteiger partial charge >= 0.3 is 12.1 Å². The van der Waals surface area contributed by atoms with Crippen LogP contribution >= 0.6 is 0 Å². The van der Waals surface area contributed by atoms with Gasteiger partial charge < -0.3 is 48.9 Å². The molecule has 0 fully saturated rings. The van der Waals surface area contributed by atoms with Crippen molar-refractivity contribution < 1.29 is 52.6 Å². The molecule has 0 unspecified atom stereocenters. The van der Waals surface area contributed by atoms with Gasteiger partial charge in [0.25, 0.3) is 0 Å². The number of carboxylic acids is 1. The first-order chi connectivity index (χ1) is 16.2. The lowest BCUT2D eigenvalue weighted by atomic mass is 10.2. The highest BCUT2D eigenvalue weighted by Gasteiger charge is 2.15. The highest BCUT2D eigenvalue weighted by Crippen LogP contribution is 2.05. The van der Waals surface area contributed by atoms with Crippen LogP contribution < -0.4 is 10.6 Å². The van der Waals surface area contributed by atoms with Crippen LogP contribution in [0, 0.1) is 0 Å². The number of nitrogens with one attached hydrogen (secondary N) is 2. The van der Waals surface area contributed by atoms with Crippen molar-refractivity contribution in [3.05, 3.63) is 0 Å². The third kappa shape index (κ3) is 26.2. The molecule has 0 rings (SSSR count). The summed E-state index contributed by atoms with van der Waals surface area (Å²) in [4.78, 5) is 33.0. The van der Waals surface area contributed by atoms with Crippen molar-refractivity contribution in [2.75, 3.05) is 92.4 Å². The van der Waals surface area contributed by atoms with E-state index in [2.05, 4.69) is 15.4 Å². The predicted octanol–water partition coefficient (Wildman–Crippen LogP) is -0.188. The highest BCUT2D eigenvalue weighted by atomic mass is 16.6. The Balaban J connectivity index is 3.20. The SMILES string of the molecule is CC(C)(C)OC(=O)NCCOCCOCCOCCOCCOCCNC(=O)COCC(=O)O. The average Bonchev–Trinajstić information content (AvgIpc) is 2.73. The van der Waals surface area contributed by atoms with Gasteiger partial charge in [0.15, 0.2) is 0 Å². The number of hydrogen-bond acceptors (Lipinski definition) is 10. The smallest absolute Gasteiger partial charge is 0.407 e. The topological polar surface area (TPSA) is 160 Å². The van der Waals surface area contributed by atoms with Crippen molar-refractivity contribution in [3.8, 4) is 0 Å². The molecule has 0 heterocycles. The number of carbonyl (C=O) groups excluding carboxylic acids is 2. The molecule has 34 heavy (non-hydrogen) atoms. The van der Waals surface area contributed by atoms with E-state index >= 15 is 0 Å². The van der Waals surface area contributed by atoms with E-state index in [-0.39, 0.29) is 6.61 Å². The van der Waals surface area contributed by atoms with Gasteiger partial charge in [0.2, 0.25) is 5.91 Å². The first-order valence-electron chi connectivity index (χ1n) is 11.1. The molecule has 13 nitrogen and oxygen atoms in total. The van der Waals surface area contributed by atoms with Crippen LogP contribution in [-0.2, 0) is 42.7 Å². The number of carboxylic acid groups (broad SMARTS) is 1. The van der Waals surface area contributed by atoms with Crippen LogP contribution in [0.4, 0.5) is 4.79 Å². The third-order valence-electron chi connectivity index (χ3n) is 3.43. The molecule has 0 aromatic carbocycles. The quantitative estimate of drug-likeness (QED) is 0.170. The van der Waals surface area contributed by atoms with Gasteiger partial charge in [0, 0.05) is 13.1 Å². The molecule has 0 radical (unpaired) electrons. The van der Waals surface area contributed by atoms with Crippen molar-refractivity contribution in [1.29, 1.82) is 0 Å². The lowest BCUT2D eigenvalue weighted by Crippen LogP contribution is -2.34. The first kappa shape index (κ1) is 32.0. The highest BCUT2D eigenvalue weighted by molar-refractivity contribution is 5.77. The number of amides is 2. The molecule has 0 aliphatic rings. The molecule has 2 amide bonds. The van der Waals surface area contributed by atoms with E-state index in [0.717, 1.165) is 0 Å². The van der Waals surface area contributed by atoms with Crippen LogP contribution in [0.2, 0.25) is 0 Å². The van der Waals surface area contributed by atoms with Gasteiger partial charge in [-0.05, 0) is 20.8 Å². The Kier molecular flexibility index (Phi) is 20.2. The number of alkyl carbamates (subject to hydrolysis) is 1. The summed E-state index contributed by atoms with van der Waals surface area (Å²) in [5.41, 5.74) is -0.520. The summed E-state index contributed by atoms with van der Waals surface area (Å²) in [5, 5.41) is 13.5. The zero-order valence-corrected chi connectivity index (χ0v) is 20.4. The summed E-state index contributed by atoms with van der Waals surface area (Å²) < 4.78 is 36.5. The fourth-order valence-electron chi connectivity index (χ4n) is 2.07. The molecular weight excluding hydrogens is 456 g/mol. The summed E-state index contributed by atoms with van der Waals surface area (Å²) in [6.45, 7) is 9.30. The van der Waals surface area contributed by atoms with Gasteiger partial charge in [-0.1, -0.05) is 0 Å². The maximum absolute atomic E-state index is 11.4. The second-order valence-electron chi connectivity index (χ2n) is 7.73. The number of ether oxygens (including phenoxy) is 7. The molecule has 0 aliphatic carbocycles. The third-order valence-corrected chi connectivity index (χ3v) is 3.43. The molecule has 0 aromatic rings. The molecule has 200 valence electrons. The molecule has 0 saturated carbocycles. The Morgan fingerprint density at radius 1 is 0.618 bits per heavy atom. The maximum Gasteiger partial charge on any atom is 0.407 e. The number of rotatable bonds is 22. The van der Waals surface area contributed by atoms with Crippen molar-refractivity contribution in [2.45, 2.75) is 26.4 Å². The van der Waals surface area contributed by atoms with Gasteiger partial charge in [-0.3, -0.25) is 4.79 Å². The van der Waals surface area contributed by atoms with Crippen LogP contribution in [0.15, 0.2) is 0 Å². The Labute approximate surface area is 200 Å². The van der Waals surface area contributed by atoms with Gasteiger partial charge in [0.1, 0.15) is 18.8 Å². The minimum Gasteiger partial charge on any atom is -0.480 e. The van der Waals surface area contributed by atoms with Gasteiger partial charge in [0.05, 0.1) is 66.1 Å². The van der Waals surface area contributed by atoms with Crippen LogP contribution in [0.1, 0.15) is 20.8 Å². The second kappa shape index (κ2) is 21.5. The summed E-state index contributed by atoms with van der Waals surface area (Å²) >= 11 is 0. The number of aliphatic carboxylic acids is 1. The summed E-state index contributed by atoms with van der Waals surface area (Å²) in [5.74, 6) is -1.53. The second-order valence-corrected chi connectivity index (χ2v) is 7.73. The average molecular weight is 497 g/mol. The Bertz CT molecular complexity index is 541. The van der Waals surface area contributed by atoms with E-state index in [1.54, 1.807) is 20.8 Å². The van der Waals surface area contributed by atoms with Crippen LogP contribution in [0.25, 0.3) is 0 Å². The molecule has 0 bridgehead atoms. The molecule has 0 saturated heterocycles. The lowest BCUT2D eigenvalue weighted by Gasteiger charge is -2.19. The Hall–Kier alpha value is -2.03. The molecule has 0 atom stereocenters. The summed E-state index contributed by atoms with van der Waals surface area (Å²) in [6, 6.07) is 0. The minimum absolute atomic E-state index is 0.298. The van der Waals surface area contributed by atoms with E-state index in [9.17, 15) is 14.4 Å². The van der Waals surface area contributed by atoms with E-state index in [4.69, 9.17) is 33.5 Å². The Morgan fingerprint density at radius 2 is 1.03 bits per heavy atom. The zero-order valence-electron chi connectivity index (χ0n) is 20.4. The number of hydrogen-bond donors (Lipinski definition) is 3. The minimum atomic E-state index is -1.13. The van der Waals surface area contributed by atoms with Gasteiger partial charge in [-0.25, -0.2) is 9.59 Å². The predicted molar refractivity (Wildman–Crippen MR) is 120 cm³/mol. The molecule has 3 N–H and O–H groups in total. The molecule has 0 aliphatic heterocycles. The molecule has 0 spiro atoms. The molecule has 13 heteroatoms. The monoisotopic (exact) mass is 496 g/mol. The van der Waals surface area contributed by atoms with Crippen LogP contribution in [0.3, 0.4) is 0 Å². The standard InChI is InChI=1S/C21H40N2O11/c1-21(2,3)34-20(27)23-5-7-29-9-11-31-13-15-32-14-12-30-10-8-28-6-4-22-18(24)16-33-17-19(25)26/h4-17H2,1-3H3,(H,22,24)(H,23,27)(H,25,26). The van der Waals surface area contributed by atoms with E-state index in [1.165, 1.54) is 0 Å². The lowest BCUT2D eigenvalue weighted by molar-refractivity contribution is -0.143. The van der Waals surface area contributed by atoms with Crippen molar-refractivity contribution >= 4 is 18.0 Å². The van der Waals surface area contributed by atoms with Crippen molar-refractivity contribution in [1.82, 2.24) is 10.6 Å². The van der Waals surface area contributed by atoms with Gasteiger partial charge in [-0.2, -0.15) is 0 Å². The van der Waals surface area contributed by atoms with Crippen LogP contribution in [0.5, 0.6) is 0 Å². The molecular formula is C21H40N2O11. The largest absolute Gasteiger partial charge is 0.480 e. The Morgan fingerprint density at radius 3 is 1.44 bits per heavy atom. The fraction of sp³-hybridized carbons (Fsp3) is 0.857. The zero-order chi connectivity index (χ0) is 25.5. The van der Waals surface area contributed by atoms with Gasteiger partial charge in [-0.15, -0.1) is 0 Å². The first-order valence-corrected chi connectivity index (χ1v) is 11.1. The molecule has 0 aromatic heterocycles. The van der Waals surface area contributed by atoms with E-state index < -0.39 is 30.2 Å². The summed E-state index contributed by atoms with van der Waals surface area (Å²) in [6.07, 6.45) is -0.467. The normalized spacial score (nSPS) is 11.3. The summed E-state index contributed by atoms with van der Waals surface area (Å²) in [7, 11) is 0. The van der Waals surface area contributed by atoms with E-state index in [1.807, 2.05) is 0 Å². The van der Waals surface area contributed by atoms with Crippen molar-refractivity contribution in [3.63, 3.8) is 0 Å². The van der Waals surface area contributed by atoms with E-state index in [0.29, 0.717) is 79.2 Å². The van der Waals surface area contributed by atoms with Crippen molar-refractivity contribution in [2.24, 2.45) is 0 Å². The number of carbonyl (C=O) groups is 3. The van der Waals surface area contributed by atoms with Crippen LogP contribution in [-0.4, -0.2) is 121 Å². The fourth-order valence-corrected chi connectivity index (χ4v) is 2.07. The maximum atomic E-state index is 11.4.